The number of carbonyl (C=O) groups excluding carboxylic acids is 2. The molecule has 0 fully saturated rings. The van der Waals surface area contributed by atoms with Gasteiger partial charge in [-0.2, -0.15) is 5.26 Å². The number of amides is 2. The summed E-state index contributed by atoms with van der Waals surface area (Å²) < 4.78 is 5.24. The molecule has 2 amide bonds. The minimum Gasteiger partial charge on any atom is -0.444 e. The van der Waals surface area contributed by atoms with E-state index < -0.39 is 11.7 Å². The fourth-order valence-corrected chi connectivity index (χ4v) is 3.85. The number of anilines is 1. The molecule has 0 aromatic heterocycles. The summed E-state index contributed by atoms with van der Waals surface area (Å²) in [7, 11) is 0. The van der Waals surface area contributed by atoms with Gasteiger partial charge >= 0.3 is 6.09 Å². The van der Waals surface area contributed by atoms with Crippen molar-refractivity contribution in [3.05, 3.63) is 53.6 Å². The van der Waals surface area contributed by atoms with Crippen LogP contribution in [0.5, 0.6) is 0 Å². The van der Waals surface area contributed by atoms with Crippen LogP contribution in [-0.2, 0) is 4.74 Å². The van der Waals surface area contributed by atoms with Gasteiger partial charge in [-0.05, 0) is 51.1 Å². The largest absolute Gasteiger partial charge is 0.444 e. The lowest BCUT2D eigenvalue weighted by molar-refractivity contribution is 0.0528. The molecule has 0 radical (unpaired) electrons. The Morgan fingerprint density at radius 3 is 2.68 bits per heavy atom. The summed E-state index contributed by atoms with van der Waals surface area (Å²) in [6, 6.07) is 14.8. The lowest BCUT2D eigenvalue weighted by Crippen LogP contribution is -2.40. The number of hydrogen-bond donors (Lipinski definition) is 1. The molecule has 2 aromatic carbocycles. The Bertz CT molecular complexity index is 960. The number of alkyl carbamates (subject to hydrolysis) is 1. The fourth-order valence-electron chi connectivity index (χ4n) is 2.80. The predicted molar refractivity (Wildman–Crippen MR) is 108 cm³/mol. The van der Waals surface area contributed by atoms with Crippen LogP contribution in [0.25, 0.3) is 0 Å². The molecule has 28 heavy (non-hydrogen) atoms. The smallest absolute Gasteiger partial charge is 0.407 e. The van der Waals surface area contributed by atoms with Crippen LogP contribution >= 0.6 is 11.8 Å². The highest BCUT2D eigenvalue weighted by Crippen LogP contribution is 2.41. The quantitative estimate of drug-likeness (QED) is 0.842. The summed E-state index contributed by atoms with van der Waals surface area (Å²) in [6.07, 6.45) is -0.532. The van der Waals surface area contributed by atoms with Crippen molar-refractivity contribution in [1.82, 2.24) is 5.32 Å². The third-order valence-corrected chi connectivity index (χ3v) is 5.11. The lowest BCUT2D eigenvalue weighted by atomic mass is 10.1. The number of nitrogens with one attached hydrogen (secondary N) is 1. The Labute approximate surface area is 168 Å². The van der Waals surface area contributed by atoms with Gasteiger partial charge in [0, 0.05) is 22.9 Å². The van der Waals surface area contributed by atoms with E-state index in [-0.39, 0.29) is 19.0 Å². The summed E-state index contributed by atoms with van der Waals surface area (Å²) in [5.74, 6) is -0.164. The van der Waals surface area contributed by atoms with E-state index in [1.54, 1.807) is 43.9 Å². The van der Waals surface area contributed by atoms with E-state index >= 15 is 0 Å². The van der Waals surface area contributed by atoms with Crippen LogP contribution in [0.15, 0.2) is 52.3 Å². The van der Waals surface area contributed by atoms with Crippen molar-refractivity contribution in [2.45, 2.75) is 36.2 Å². The van der Waals surface area contributed by atoms with E-state index in [1.807, 2.05) is 24.3 Å². The monoisotopic (exact) mass is 395 g/mol. The number of fused-ring (bicyclic) bond motifs is 2. The minimum atomic E-state index is -0.591. The van der Waals surface area contributed by atoms with Crippen LogP contribution in [0.1, 0.15) is 36.7 Å². The van der Waals surface area contributed by atoms with Crippen LogP contribution < -0.4 is 10.2 Å². The van der Waals surface area contributed by atoms with Crippen LogP contribution in [-0.4, -0.2) is 30.7 Å². The molecule has 144 valence electrons. The van der Waals surface area contributed by atoms with E-state index in [9.17, 15) is 14.9 Å². The Morgan fingerprint density at radius 2 is 1.96 bits per heavy atom. The van der Waals surface area contributed by atoms with Gasteiger partial charge in [-0.1, -0.05) is 23.9 Å². The highest BCUT2D eigenvalue weighted by Gasteiger charge is 2.27. The fraction of sp³-hybridized carbons (Fsp3) is 0.286. The van der Waals surface area contributed by atoms with E-state index in [4.69, 9.17) is 4.74 Å². The molecular weight excluding hydrogens is 374 g/mol. The molecule has 3 rings (SSSR count). The third kappa shape index (κ3) is 4.46. The number of hydrogen-bond acceptors (Lipinski definition) is 5. The highest BCUT2D eigenvalue weighted by atomic mass is 32.2. The van der Waals surface area contributed by atoms with Crippen molar-refractivity contribution in [2.75, 3.05) is 18.0 Å². The van der Waals surface area contributed by atoms with Gasteiger partial charge in [0.25, 0.3) is 5.91 Å². The number of benzene rings is 2. The molecule has 2 aromatic rings. The molecule has 0 spiro atoms. The molecule has 0 aliphatic carbocycles. The molecule has 1 heterocycles. The maximum absolute atomic E-state index is 13.2. The molecule has 1 N–H and O–H groups in total. The van der Waals surface area contributed by atoms with Gasteiger partial charge in [0.1, 0.15) is 5.60 Å². The molecule has 1 aliphatic heterocycles. The van der Waals surface area contributed by atoms with E-state index in [1.165, 1.54) is 11.8 Å². The maximum atomic E-state index is 13.2. The average Bonchev–Trinajstić information content (AvgIpc) is 2.75. The molecule has 0 atom stereocenters. The molecule has 0 bridgehead atoms. The average molecular weight is 395 g/mol. The zero-order valence-corrected chi connectivity index (χ0v) is 16.8. The van der Waals surface area contributed by atoms with Crippen LogP contribution in [0.3, 0.4) is 0 Å². The number of nitrogens with zero attached hydrogens (tertiary/aromatic N) is 2. The Morgan fingerprint density at radius 1 is 1.21 bits per heavy atom. The number of ether oxygens (including phenoxy) is 1. The molecular formula is C21H21N3O3S. The second-order valence-electron chi connectivity index (χ2n) is 7.28. The van der Waals surface area contributed by atoms with Crippen molar-refractivity contribution < 1.29 is 14.3 Å². The van der Waals surface area contributed by atoms with Crippen LogP contribution in [0, 0.1) is 11.3 Å². The first-order chi connectivity index (χ1) is 13.3. The second kappa shape index (κ2) is 7.95. The Kier molecular flexibility index (Phi) is 5.61. The minimum absolute atomic E-state index is 0.164. The summed E-state index contributed by atoms with van der Waals surface area (Å²) >= 11 is 1.49. The second-order valence-corrected chi connectivity index (χ2v) is 8.36. The highest BCUT2D eigenvalue weighted by molar-refractivity contribution is 7.99. The van der Waals surface area contributed by atoms with Crippen molar-refractivity contribution in [3.8, 4) is 6.07 Å². The van der Waals surface area contributed by atoms with Gasteiger partial charge in [0.05, 0.1) is 22.9 Å². The van der Waals surface area contributed by atoms with Gasteiger partial charge in [0.2, 0.25) is 0 Å². The van der Waals surface area contributed by atoms with Crippen molar-refractivity contribution in [1.29, 1.82) is 5.26 Å². The van der Waals surface area contributed by atoms with Gasteiger partial charge in [-0.3, -0.25) is 4.79 Å². The van der Waals surface area contributed by atoms with Crippen LogP contribution in [0.2, 0.25) is 0 Å². The molecule has 0 unspecified atom stereocenters. The Balaban J connectivity index is 1.87. The number of carbonyl (C=O) groups is 2. The normalized spacial score (nSPS) is 13.1. The van der Waals surface area contributed by atoms with E-state index in [0.717, 1.165) is 9.79 Å². The summed E-state index contributed by atoms with van der Waals surface area (Å²) in [4.78, 5) is 28.4. The first-order valence-corrected chi connectivity index (χ1v) is 9.70. The van der Waals surface area contributed by atoms with Gasteiger partial charge in [-0.15, -0.1) is 0 Å². The standard InChI is InChI=1S/C21H21N3O3S/c1-21(2,3)27-20(26)23-10-11-24-16-12-14(13-22)8-9-18(16)28-17-7-5-4-6-15(17)19(24)25/h4-9,12H,10-11H2,1-3H3,(H,23,26). The number of rotatable bonds is 3. The molecule has 7 heteroatoms. The van der Waals surface area contributed by atoms with Crippen molar-refractivity contribution in [2.24, 2.45) is 0 Å². The predicted octanol–water partition coefficient (Wildman–Crippen LogP) is 4.19. The van der Waals surface area contributed by atoms with Gasteiger partial charge in [0.15, 0.2) is 0 Å². The van der Waals surface area contributed by atoms with Crippen molar-refractivity contribution in [3.63, 3.8) is 0 Å². The van der Waals surface area contributed by atoms with Gasteiger partial charge in [-0.25, -0.2) is 4.79 Å². The molecule has 0 saturated carbocycles. The summed E-state index contributed by atoms with van der Waals surface area (Å²) in [5, 5.41) is 11.9. The van der Waals surface area contributed by atoms with Gasteiger partial charge < -0.3 is 15.0 Å². The first-order valence-electron chi connectivity index (χ1n) is 8.88. The zero-order chi connectivity index (χ0) is 20.3. The molecule has 6 nitrogen and oxygen atoms in total. The van der Waals surface area contributed by atoms with Crippen molar-refractivity contribution >= 4 is 29.4 Å². The number of nitriles is 1. The third-order valence-electron chi connectivity index (χ3n) is 3.97. The molecule has 1 aliphatic rings. The summed E-state index contributed by atoms with van der Waals surface area (Å²) in [6.45, 7) is 5.86. The zero-order valence-electron chi connectivity index (χ0n) is 16.0. The first kappa shape index (κ1) is 19.8. The maximum Gasteiger partial charge on any atom is 0.407 e. The topological polar surface area (TPSA) is 82.4 Å². The summed E-state index contributed by atoms with van der Waals surface area (Å²) in [5.41, 5.74) is 1.14. The molecule has 0 saturated heterocycles. The van der Waals surface area contributed by atoms with Crippen LogP contribution in [0.4, 0.5) is 10.5 Å². The van der Waals surface area contributed by atoms with E-state index in [0.29, 0.717) is 16.8 Å². The Hall–Kier alpha value is -2.98. The van der Waals surface area contributed by atoms with E-state index in [2.05, 4.69) is 11.4 Å². The SMILES string of the molecule is CC(C)(C)OC(=O)NCCN1C(=O)c2ccccc2Sc2ccc(C#N)cc21. The lowest BCUT2D eigenvalue weighted by Gasteiger charge is -2.24.